The fourth-order valence-electron chi connectivity index (χ4n) is 2.07. The summed E-state index contributed by atoms with van der Waals surface area (Å²) in [6.07, 6.45) is -4.42. The molecule has 7 heteroatoms. The topological polar surface area (TPSA) is 57.9 Å². The van der Waals surface area contributed by atoms with Crippen LogP contribution in [0.25, 0.3) is 0 Å². The lowest BCUT2D eigenvalue weighted by molar-refractivity contribution is -0.141. The van der Waals surface area contributed by atoms with E-state index >= 15 is 0 Å². The van der Waals surface area contributed by atoms with E-state index in [2.05, 4.69) is 10.2 Å². The standard InChI is InChI=1S/C14H17F3N4/c15-14(16,17)13-8-12(19-20-13)10-21(7-6-18)9-11-4-2-1-3-5-11/h1-5,8H,6-7,9-10,18H2,(H,19,20). The smallest absolute Gasteiger partial charge is 0.329 e. The van der Waals surface area contributed by atoms with Crippen molar-refractivity contribution in [2.45, 2.75) is 19.3 Å². The molecule has 4 nitrogen and oxygen atoms in total. The third-order valence-corrected chi connectivity index (χ3v) is 3.01. The van der Waals surface area contributed by atoms with E-state index in [-0.39, 0.29) is 0 Å². The fraction of sp³-hybridized carbons (Fsp3) is 0.357. The molecule has 0 saturated heterocycles. The van der Waals surface area contributed by atoms with Gasteiger partial charge in [-0.25, -0.2) is 0 Å². The summed E-state index contributed by atoms with van der Waals surface area (Å²) in [5.41, 5.74) is 6.17. The Balaban J connectivity index is 2.04. The number of aromatic nitrogens is 2. The monoisotopic (exact) mass is 298 g/mol. The van der Waals surface area contributed by atoms with Gasteiger partial charge < -0.3 is 5.73 Å². The van der Waals surface area contributed by atoms with E-state index in [0.29, 0.717) is 31.9 Å². The normalized spacial score (nSPS) is 12.0. The van der Waals surface area contributed by atoms with Crippen molar-refractivity contribution in [2.75, 3.05) is 13.1 Å². The van der Waals surface area contributed by atoms with Crippen LogP contribution in [0.1, 0.15) is 17.0 Å². The number of hydrogen-bond acceptors (Lipinski definition) is 3. The van der Waals surface area contributed by atoms with Gasteiger partial charge in [0.25, 0.3) is 0 Å². The quantitative estimate of drug-likeness (QED) is 0.861. The molecule has 0 fully saturated rings. The molecule has 0 aliphatic heterocycles. The molecule has 0 radical (unpaired) electrons. The molecule has 114 valence electrons. The molecule has 1 aromatic carbocycles. The number of rotatable bonds is 6. The van der Waals surface area contributed by atoms with Crippen molar-refractivity contribution < 1.29 is 13.2 Å². The maximum absolute atomic E-state index is 12.5. The van der Waals surface area contributed by atoms with Crippen LogP contribution in [0.4, 0.5) is 13.2 Å². The van der Waals surface area contributed by atoms with Crippen molar-refractivity contribution in [1.29, 1.82) is 0 Å². The molecule has 0 spiro atoms. The van der Waals surface area contributed by atoms with Crippen LogP contribution in [0.5, 0.6) is 0 Å². The fourth-order valence-corrected chi connectivity index (χ4v) is 2.07. The van der Waals surface area contributed by atoms with Crippen LogP contribution < -0.4 is 5.73 Å². The molecule has 0 saturated carbocycles. The first-order chi connectivity index (χ1) is 9.99. The highest BCUT2D eigenvalue weighted by molar-refractivity contribution is 5.15. The van der Waals surface area contributed by atoms with Crippen molar-refractivity contribution in [3.63, 3.8) is 0 Å². The van der Waals surface area contributed by atoms with E-state index in [1.54, 1.807) is 0 Å². The molecule has 0 bridgehead atoms. The Kier molecular flexibility index (Phi) is 4.98. The number of alkyl halides is 3. The van der Waals surface area contributed by atoms with Crippen LogP contribution in [0.3, 0.4) is 0 Å². The molecule has 2 rings (SSSR count). The van der Waals surface area contributed by atoms with Crippen LogP contribution in [0, 0.1) is 0 Å². The third-order valence-electron chi connectivity index (χ3n) is 3.01. The van der Waals surface area contributed by atoms with E-state index in [0.717, 1.165) is 11.6 Å². The van der Waals surface area contributed by atoms with Crippen LogP contribution in [0.2, 0.25) is 0 Å². The second kappa shape index (κ2) is 6.73. The van der Waals surface area contributed by atoms with Crippen LogP contribution in [-0.4, -0.2) is 28.2 Å². The van der Waals surface area contributed by atoms with Gasteiger partial charge in [0.05, 0.1) is 0 Å². The molecule has 1 aromatic heterocycles. The third kappa shape index (κ3) is 4.57. The zero-order chi connectivity index (χ0) is 15.3. The number of nitrogens with one attached hydrogen (secondary N) is 1. The number of benzene rings is 1. The van der Waals surface area contributed by atoms with Crippen molar-refractivity contribution in [3.05, 3.63) is 53.3 Å². The number of aromatic amines is 1. The van der Waals surface area contributed by atoms with Crippen LogP contribution in [0.15, 0.2) is 36.4 Å². The lowest BCUT2D eigenvalue weighted by atomic mass is 10.2. The van der Waals surface area contributed by atoms with Gasteiger partial charge in [0, 0.05) is 31.9 Å². The molecule has 0 unspecified atom stereocenters. The SMILES string of the molecule is NCCN(Cc1ccccc1)Cc1cc(C(F)(F)F)n[nH]1. The first-order valence-electron chi connectivity index (χ1n) is 6.57. The average molecular weight is 298 g/mol. The molecule has 0 atom stereocenters. The lowest BCUT2D eigenvalue weighted by Crippen LogP contribution is -2.28. The molecule has 2 aromatic rings. The van der Waals surface area contributed by atoms with E-state index < -0.39 is 11.9 Å². The molecule has 1 heterocycles. The van der Waals surface area contributed by atoms with Gasteiger partial charge in [-0.3, -0.25) is 10.00 Å². The summed E-state index contributed by atoms with van der Waals surface area (Å²) in [4.78, 5) is 1.98. The highest BCUT2D eigenvalue weighted by Crippen LogP contribution is 2.27. The molecule has 0 aliphatic rings. The van der Waals surface area contributed by atoms with E-state index in [9.17, 15) is 13.2 Å². The van der Waals surface area contributed by atoms with Gasteiger partial charge in [0.1, 0.15) is 0 Å². The minimum Gasteiger partial charge on any atom is -0.329 e. The van der Waals surface area contributed by atoms with Crippen molar-refractivity contribution in [1.82, 2.24) is 15.1 Å². The van der Waals surface area contributed by atoms with Crippen molar-refractivity contribution in [3.8, 4) is 0 Å². The predicted octanol–water partition coefficient (Wildman–Crippen LogP) is 2.39. The van der Waals surface area contributed by atoms with Gasteiger partial charge in [0.2, 0.25) is 0 Å². The van der Waals surface area contributed by atoms with Gasteiger partial charge >= 0.3 is 6.18 Å². The Morgan fingerprint density at radius 1 is 1.14 bits per heavy atom. The molecular weight excluding hydrogens is 281 g/mol. The highest BCUT2D eigenvalue weighted by Gasteiger charge is 2.33. The summed E-state index contributed by atoms with van der Waals surface area (Å²) < 4.78 is 37.6. The molecule has 0 amide bonds. The largest absolute Gasteiger partial charge is 0.435 e. The zero-order valence-corrected chi connectivity index (χ0v) is 11.4. The second-order valence-corrected chi connectivity index (χ2v) is 4.76. The number of nitrogens with two attached hydrogens (primary N) is 1. The number of nitrogens with zero attached hydrogens (tertiary/aromatic N) is 2. The summed E-state index contributed by atoms with van der Waals surface area (Å²) in [7, 11) is 0. The maximum Gasteiger partial charge on any atom is 0.435 e. The summed E-state index contributed by atoms with van der Waals surface area (Å²) in [6, 6.07) is 10.7. The minimum absolute atomic E-state index is 0.342. The zero-order valence-electron chi connectivity index (χ0n) is 11.4. The first-order valence-corrected chi connectivity index (χ1v) is 6.57. The van der Waals surface area contributed by atoms with E-state index in [4.69, 9.17) is 5.73 Å². The Labute approximate surface area is 120 Å². The van der Waals surface area contributed by atoms with Crippen LogP contribution in [-0.2, 0) is 19.3 Å². The summed E-state index contributed by atoms with van der Waals surface area (Å²) in [6.45, 7) is 2.00. The van der Waals surface area contributed by atoms with Crippen molar-refractivity contribution in [2.24, 2.45) is 5.73 Å². The summed E-state index contributed by atoms with van der Waals surface area (Å²) in [5.74, 6) is 0. The Bertz CT molecular complexity index is 551. The number of hydrogen-bond donors (Lipinski definition) is 2. The molecule has 3 N–H and O–H groups in total. The predicted molar refractivity (Wildman–Crippen MR) is 73.2 cm³/mol. The summed E-state index contributed by atoms with van der Waals surface area (Å²) in [5, 5.41) is 5.73. The molecular formula is C14H17F3N4. The van der Waals surface area contributed by atoms with Gasteiger partial charge in [-0.15, -0.1) is 0 Å². The number of halogens is 3. The molecule has 0 aliphatic carbocycles. The van der Waals surface area contributed by atoms with Gasteiger partial charge in [-0.05, 0) is 11.6 Å². The number of H-pyrrole nitrogens is 1. The van der Waals surface area contributed by atoms with Gasteiger partial charge in [-0.1, -0.05) is 30.3 Å². The van der Waals surface area contributed by atoms with Crippen molar-refractivity contribution >= 4 is 0 Å². The second-order valence-electron chi connectivity index (χ2n) is 4.76. The maximum atomic E-state index is 12.5. The van der Waals surface area contributed by atoms with Gasteiger partial charge in [-0.2, -0.15) is 18.3 Å². The summed E-state index contributed by atoms with van der Waals surface area (Å²) >= 11 is 0. The van der Waals surface area contributed by atoms with Gasteiger partial charge in [0.15, 0.2) is 5.69 Å². The Morgan fingerprint density at radius 3 is 2.43 bits per heavy atom. The first kappa shape index (κ1) is 15.5. The highest BCUT2D eigenvalue weighted by atomic mass is 19.4. The van der Waals surface area contributed by atoms with E-state index in [1.165, 1.54) is 0 Å². The Hall–Kier alpha value is -1.86. The average Bonchev–Trinajstić information content (AvgIpc) is 2.89. The van der Waals surface area contributed by atoms with Crippen LogP contribution >= 0.6 is 0 Å². The lowest BCUT2D eigenvalue weighted by Gasteiger charge is -2.20. The Morgan fingerprint density at radius 2 is 1.86 bits per heavy atom. The van der Waals surface area contributed by atoms with E-state index in [1.807, 2.05) is 35.2 Å². The molecule has 21 heavy (non-hydrogen) atoms. The minimum atomic E-state index is -4.42.